The van der Waals surface area contributed by atoms with E-state index in [-0.39, 0.29) is 5.92 Å². The van der Waals surface area contributed by atoms with E-state index in [1.165, 1.54) is 11.8 Å². The molecule has 0 heterocycles. The number of aliphatic carboxylic acids is 1. The summed E-state index contributed by atoms with van der Waals surface area (Å²) >= 11 is 1.54. The zero-order valence-corrected chi connectivity index (χ0v) is 10.7. The van der Waals surface area contributed by atoms with E-state index >= 15 is 0 Å². The number of nitrogens with one attached hydrogen (secondary N) is 1. The molecule has 0 saturated carbocycles. The van der Waals surface area contributed by atoms with E-state index in [0.29, 0.717) is 18.8 Å². The molecule has 0 aliphatic carbocycles. The molecule has 0 aromatic rings. The highest BCUT2D eigenvalue weighted by atomic mass is 32.2. The highest BCUT2D eigenvalue weighted by Crippen LogP contribution is 2.02. The Labute approximate surface area is 99.9 Å². The van der Waals surface area contributed by atoms with E-state index in [1.54, 1.807) is 0 Å². The molecule has 0 aromatic carbocycles. The molecule has 0 bridgehead atoms. The van der Waals surface area contributed by atoms with Gasteiger partial charge in [0.1, 0.15) is 6.04 Å². The zero-order chi connectivity index (χ0) is 12.6. The lowest BCUT2D eigenvalue weighted by molar-refractivity contribution is -0.139. The van der Waals surface area contributed by atoms with Crippen molar-refractivity contribution in [2.24, 2.45) is 5.92 Å². The van der Waals surface area contributed by atoms with Gasteiger partial charge in [-0.05, 0) is 24.3 Å². The van der Waals surface area contributed by atoms with Gasteiger partial charge in [-0.2, -0.15) is 11.8 Å². The van der Waals surface area contributed by atoms with Crippen LogP contribution in [0.5, 0.6) is 0 Å². The third kappa shape index (κ3) is 7.39. The molecule has 0 aliphatic rings. The number of alkyl carbamates (subject to hydrolysis) is 1. The van der Waals surface area contributed by atoms with Gasteiger partial charge in [-0.15, -0.1) is 0 Å². The lowest BCUT2D eigenvalue weighted by Gasteiger charge is -2.14. The quantitative estimate of drug-likeness (QED) is 0.716. The summed E-state index contributed by atoms with van der Waals surface area (Å²) < 4.78 is 4.84. The molecule has 0 unspecified atom stereocenters. The van der Waals surface area contributed by atoms with E-state index in [1.807, 2.05) is 20.1 Å². The second-order valence-corrected chi connectivity index (χ2v) is 4.79. The molecule has 16 heavy (non-hydrogen) atoms. The summed E-state index contributed by atoms with van der Waals surface area (Å²) in [6.45, 7) is 4.12. The summed E-state index contributed by atoms with van der Waals surface area (Å²) in [7, 11) is 0. The number of hydrogen-bond donors (Lipinski definition) is 2. The van der Waals surface area contributed by atoms with Gasteiger partial charge in [0, 0.05) is 0 Å². The van der Waals surface area contributed by atoms with Crippen molar-refractivity contribution in [3.8, 4) is 0 Å². The number of rotatable bonds is 7. The maximum atomic E-state index is 11.2. The molecule has 0 aliphatic heterocycles. The lowest BCUT2D eigenvalue weighted by Crippen LogP contribution is -2.41. The van der Waals surface area contributed by atoms with Crippen molar-refractivity contribution in [2.45, 2.75) is 26.3 Å². The summed E-state index contributed by atoms with van der Waals surface area (Å²) in [6, 6.07) is -0.868. The molecule has 1 amide bonds. The second kappa shape index (κ2) is 8.27. The topological polar surface area (TPSA) is 75.6 Å². The lowest BCUT2D eigenvalue weighted by atomic mass is 10.2. The summed E-state index contributed by atoms with van der Waals surface area (Å²) in [5.41, 5.74) is 0. The Balaban J connectivity index is 3.98. The number of hydrogen-bond acceptors (Lipinski definition) is 4. The Morgan fingerprint density at radius 1 is 1.44 bits per heavy atom. The third-order valence-corrected chi connectivity index (χ3v) is 2.39. The SMILES string of the molecule is CSCC[C@H](NC(=O)OCC(C)C)C(=O)O. The minimum atomic E-state index is -1.03. The van der Waals surface area contributed by atoms with E-state index in [0.717, 1.165) is 0 Å². The van der Waals surface area contributed by atoms with Gasteiger partial charge in [0.05, 0.1) is 6.61 Å². The van der Waals surface area contributed by atoms with Crippen molar-refractivity contribution >= 4 is 23.8 Å². The minimum Gasteiger partial charge on any atom is -0.480 e. The predicted octanol–water partition coefficient (Wildman–Crippen LogP) is 1.57. The molecule has 0 fully saturated rings. The average Bonchev–Trinajstić information content (AvgIpc) is 2.20. The fourth-order valence-corrected chi connectivity index (χ4v) is 1.39. The molecule has 6 heteroatoms. The predicted molar refractivity (Wildman–Crippen MR) is 63.7 cm³/mol. The summed E-state index contributed by atoms with van der Waals surface area (Å²) in [4.78, 5) is 22.0. The van der Waals surface area contributed by atoms with Gasteiger partial charge in [-0.1, -0.05) is 13.8 Å². The number of ether oxygens (including phenoxy) is 1. The number of carboxylic acid groups (broad SMARTS) is 1. The molecule has 0 aromatic heterocycles. The van der Waals surface area contributed by atoms with Crippen molar-refractivity contribution in [3.05, 3.63) is 0 Å². The maximum absolute atomic E-state index is 11.2. The van der Waals surface area contributed by atoms with Crippen molar-refractivity contribution in [3.63, 3.8) is 0 Å². The molecular weight excluding hydrogens is 230 g/mol. The Kier molecular flexibility index (Phi) is 7.80. The highest BCUT2D eigenvalue weighted by molar-refractivity contribution is 7.98. The van der Waals surface area contributed by atoms with E-state index in [2.05, 4.69) is 5.32 Å². The van der Waals surface area contributed by atoms with Crippen LogP contribution in [0.4, 0.5) is 4.79 Å². The molecule has 1 atom stereocenters. The van der Waals surface area contributed by atoms with Gasteiger partial charge in [0.15, 0.2) is 0 Å². The fourth-order valence-electron chi connectivity index (χ4n) is 0.919. The number of thioether (sulfide) groups is 1. The number of carboxylic acids is 1. The van der Waals surface area contributed by atoms with Gasteiger partial charge in [-0.25, -0.2) is 9.59 Å². The molecule has 94 valence electrons. The first-order valence-electron chi connectivity index (χ1n) is 5.12. The van der Waals surface area contributed by atoms with Crippen LogP contribution in [-0.2, 0) is 9.53 Å². The van der Waals surface area contributed by atoms with Crippen LogP contribution in [-0.4, -0.2) is 41.8 Å². The van der Waals surface area contributed by atoms with Crippen LogP contribution >= 0.6 is 11.8 Å². The molecule has 5 nitrogen and oxygen atoms in total. The van der Waals surface area contributed by atoms with E-state index in [4.69, 9.17) is 9.84 Å². The minimum absolute atomic E-state index is 0.236. The fraction of sp³-hybridized carbons (Fsp3) is 0.800. The zero-order valence-electron chi connectivity index (χ0n) is 9.86. The average molecular weight is 249 g/mol. The van der Waals surface area contributed by atoms with Crippen molar-refractivity contribution < 1.29 is 19.4 Å². The first-order valence-corrected chi connectivity index (χ1v) is 6.51. The second-order valence-electron chi connectivity index (χ2n) is 3.81. The summed E-state index contributed by atoms with van der Waals surface area (Å²) in [5, 5.41) is 11.2. The smallest absolute Gasteiger partial charge is 0.407 e. The third-order valence-electron chi connectivity index (χ3n) is 1.75. The van der Waals surface area contributed by atoms with Crippen LogP contribution in [0.25, 0.3) is 0 Å². The van der Waals surface area contributed by atoms with Crippen molar-refractivity contribution in [1.82, 2.24) is 5.32 Å². The van der Waals surface area contributed by atoms with Gasteiger partial charge >= 0.3 is 12.1 Å². The van der Waals surface area contributed by atoms with E-state index in [9.17, 15) is 9.59 Å². The Hall–Kier alpha value is -0.910. The van der Waals surface area contributed by atoms with Gasteiger partial charge in [0.25, 0.3) is 0 Å². The Bertz CT molecular complexity index is 233. The van der Waals surface area contributed by atoms with Crippen LogP contribution in [0.1, 0.15) is 20.3 Å². The summed E-state index contributed by atoms with van der Waals surface area (Å²) in [5.74, 6) is -0.114. The molecule has 2 N–H and O–H groups in total. The molecule has 0 saturated heterocycles. The van der Waals surface area contributed by atoms with Crippen LogP contribution < -0.4 is 5.32 Å². The maximum Gasteiger partial charge on any atom is 0.407 e. The molecule has 0 rings (SSSR count). The first-order chi connectivity index (χ1) is 7.47. The van der Waals surface area contributed by atoms with Crippen LogP contribution in [0.15, 0.2) is 0 Å². The normalized spacial score (nSPS) is 12.2. The number of carbonyl (C=O) groups is 2. The van der Waals surface area contributed by atoms with E-state index < -0.39 is 18.1 Å². The monoisotopic (exact) mass is 249 g/mol. The van der Waals surface area contributed by atoms with Crippen LogP contribution in [0, 0.1) is 5.92 Å². The number of carbonyl (C=O) groups excluding carboxylic acids is 1. The van der Waals surface area contributed by atoms with Crippen molar-refractivity contribution in [2.75, 3.05) is 18.6 Å². The van der Waals surface area contributed by atoms with Gasteiger partial charge < -0.3 is 15.2 Å². The molecular formula is C10H19NO4S. The van der Waals surface area contributed by atoms with Crippen LogP contribution in [0.3, 0.4) is 0 Å². The van der Waals surface area contributed by atoms with Crippen molar-refractivity contribution in [1.29, 1.82) is 0 Å². The molecule has 0 spiro atoms. The van der Waals surface area contributed by atoms with Gasteiger partial charge in [0.2, 0.25) is 0 Å². The standard InChI is InChI=1S/C10H19NO4S/c1-7(2)6-15-10(14)11-8(9(12)13)4-5-16-3/h7-8H,4-6H2,1-3H3,(H,11,14)(H,12,13)/t8-/m0/s1. The Morgan fingerprint density at radius 3 is 2.50 bits per heavy atom. The highest BCUT2D eigenvalue weighted by Gasteiger charge is 2.19. The Morgan fingerprint density at radius 2 is 2.06 bits per heavy atom. The largest absolute Gasteiger partial charge is 0.480 e. The molecule has 0 radical (unpaired) electrons. The first kappa shape index (κ1) is 15.1. The van der Waals surface area contributed by atoms with Gasteiger partial charge in [-0.3, -0.25) is 0 Å². The summed E-state index contributed by atoms with van der Waals surface area (Å²) in [6.07, 6.45) is 1.62. The van der Waals surface area contributed by atoms with Crippen LogP contribution in [0.2, 0.25) is 0 Å². The number of amides is 1.